The van der Waals surface area contributed by atoms with Crippen LogP contribution in [0.3, 0.4) is 0 Å². The lowest BCUT2D eigenvalue weighted by Crippen LogP contribution is -2.16. The van der Waals surface area contributed by atoms with Crippen molar-refractivity contribution < 1.29 is 9.21 Å². The van der Waals surface area contributed by atoms with Gasteiger partial charge in [-0.15, -0.1) is 0 Å². The molecule has 4 heteroatoms. The number of rotatable bonds is 1. The zero-order chi connectivity index (χ0) is 13.4. The van der Waals surface area contributed by atoms with Crippen molar-refractivity contribution in [2.75, 3.05) is 5.32 Å². The Morgan fingerprint density at radius 1 is 1.26 bits per heavy atom. The number of amides is 1. The van der Waals surface area contributed by atoms with Gasteiger partial charge < -0.3 is 9.73 Å². The van der Waals surface area contributed by atoms with Gasteiger partial charge in [0.1, 0.15) is 11.3 Å². The average molecular weight is 257 g/mol. The Hall–Kier alpha value is -2.10. The first-order valence-corrected chi connectivity index (χ1v) is 6.51. The molecule has 1 amide bonds. The third-order valence-corrected chi connectivity index (χ3v) is 3.47. The summed E-state index contributed by atoms with van der Waals surface area (Å²) in [6, 6.07) is 5.17. The van der Waals surface area contributed by atoms with Crippen molar-refractivity contribution in [3.05, 3.63) is 39.7 Å². The maximum atomic E-state index is 12.4. The van der Waals surface area contributed by atoms with Crippen LogP contribution in [0.15, 0.2) is 27.4 Å². The molecule has 1 heterocycles. The van der Waals surface area contributed by atoms with Crippen molar-refractivity contribution in [2.45, 2.75) is 32.6 Å². The smallest absolute Gasteiger partial charge is 0.221 e. The van der Waals surface area contributed by atoms with Gasteiger partial charge in [-0.3, -0.25) is 9.59 Å². The van der Waals surface area contributed by atoms with E-state index in [-0.39, 0.29) is 11.3 Å². The summed E-state index contributed by atoms with van der Waals surface area (Å²) in [6.07, 6.45) is 3.74. The van der Waals surface area contributed by atoms with Gasteiger partial charge in [-0.1, -0.05) is 0 Å². The van der Waals surface area contributed by atoms with Crippen LogP contribution in [0.1, 0.15) is 31.1 Å². The Labute approximate surface area is 110 Å². The van der Waals surface area contributed by atoms with Crippen molar-refractivity contribution in [3.8, 4) is 0 Å². The lowest BCUT2D eigenvalue weighted by Gasteiger charge is -2.14. The highest BCUT2D eigenvalue weighted by Gasteiger charge is 2.17. The molecule has 1 aliphatic carbocycles. The van der Waals surface area contributed by atoms with Gasteiger partial charge in [0.05, 0.1) is 5.39 Å². The van der Waals surface area contributed by atoms with Crippen molar-refractivity contribution in [2.24, 2.45) is 0 Å². The van der Waals surface area contributed by atoms with Gasteiger partial charge in [-0.05, 0) is 31.4 Å². The van der Waals surface area contributed by atoms with E-state index < -0.39 is 0 Å². The minimum atomic E-state index is -0.139. The Morgan fingerprint density at radius 2 is 2.05 bits per heavy atom. The first-order valence-electron chi connectivity index (χ1n) is 6.51. The van der Waals surface area contributed by atoms with Crippen LogP contribution in [0, 0.1) is 0 Å². The summed E-state index contributed by atoms with van der Waals surface area (Å²) in [5, 5.41) is 3.29. The van der Waals surface area contributed by atoms with E-state index >= 15 is 0 Å². The average Bonchev–Trinajstić information content (AvgIpc) is 2.38. The topological polar surface area (TPSA) is 59.3 Å². The predicted octanol–water partition coefficient (Wildman–Crippen LogP) is 2.63. The van der Waals surface area contributed by atoms with Crippen molar-refractivity contribution in [3.63, 3.8) is 0 Å². The van der Waals surface area contributed by atoms with Crippen LogP contribution >= 0.6 is 0 Å². The third kappa shape index (κ3) is 2.14. The Balaban J connectivity index is 2.18. The fourth-order valence-corrected chi connectivity index (χ4v) is 2.60. The van der Waals surface area contributed by atoms with Gasteiger partial charge in [0.15, 0.2) is 5.43 Å². The molecule has 0 fully saturated rings. The molecule has 0 aliphatic heterocycles. The largest absolute Gasteiger partial charge is 0.460 e. The summed E-state index contributed by atoms with van der Waals surface area (Å²) >= 11 is 0. The van der Waals surface area contributed by atoms with E-state index in [9.17, 15) is 9.59 Å². The Bertz CT molecular complexity index is 715. The number of anilines is 1. The van der Waals surface area contributed by atoms with E-state index in [1.54, 1.807) is 18.2 Å². The summed E-state index contributed by atoms with van der Waals surface area (Å²) in [5.41, 5.74) is 2.10. The Kier molecular flexibility index (Phi) is 2.85. The lowest BCUT2D eigenvalue weighted by atomic mass is 9.96. The van der Waals surface area contributed by atoms with Gasteiger partial charge in [0.2, 0.25) is 5.91 Å². The van der Waals surface area contributed by atoms with E-state index in [0.29, 0.717) is 16.7 Å². The molecule has 0 saturated heterocycles. The molecule has 1 aromatic heterocycles. The molecule has 1 aromatic carbocycles. The lowest BCUT2D eigenvalue weighted by molar-refractivity contribution is -0.114. The molecule has 4 nitrogen and oxygen atoms in total. The molecule has 2 aromatic rings. The molecule has 1 N–H and O–H groups in total. The number of carbonyl (C=O) groups excluding carboxylic acids is 1. The fraction of sp³-hybridized carbons (Fsp3) is 0.333. The highest BCUT2D eigenvalue weighted by atomic mass is 16.3. The van der Waals surface area contributed by atoms with Crippen molar-refractivity contribution >= 4 is 22.6 Å². The molecule has 0 radical (unpaired) electrons. The second-order valence-corrected chi connectivity index (χ2v) is 4.93. The molecule has 1 aliphatic rings. The predicted molar refractivity (Wildman–Crippen MR) is 73.4 cm³/mol. The number of aryl methyl sites for hydroxylation is 1. The maximum Gasteiger partial charge on any atom is 0.221 e. The zero-order valence-electron chi connectivity index (χ0n) is 10.8. The van der Waals surface area contributed by atoms with Gasteiger partial charge in [0, 0.05) is 30.7 Å². The van der Waals surface area contributed by atoms with Gasteiger partial charge in [-0.25, -0.2) is 0 Å². The SMILES string of the molecule is CC(=O)Nc1ccc2c(=O)c3c(oc2c1)CCCC3. The fourth-order valence-electron chi connectivity index (χ4n) is 2.60. The van der Waals surface area contributed by atoms with Crippen LogP contribution in [0.25, 0.3) is 11.0 Å². The molecule has 0 atom stereocenters. The van der Waals surface area contributed by atoms with E-state index in [1.807, 2.05) is 0 Å². The van der Waals surface area contributed by atoms with Crippen LogP contribution in [-0.4, -0.2) is 5.91 Å². The summed E-state index contributed by atoms with van der Waals surface area (Å²) in [7, 11) is 0. The third-order valence-electron chi connectivity index (χ3n) is 3.47. The first kappa shape index (κ1) is 12.0. The summed E-state index contributed by atoms with van der Waals surface area (Å²) < 4.78 is 5.84. The standard InChI is InChI=1S/C15H15NO3/c1-9(17)16-10-6-7-12-14(8-10)19-13-5-3-2-4-11(13)15(12)18/h6-8H,2-5H2,1H3,(H,16,17). The summed E-state index contributed by atoms with van der Waals surface area (Å²) in [5.74, 6) is 0.670. The summed E-state index contributed by atoms with van der Waals surface area (Å²) in [6.45, 7) is 1.45. The van der Waals surface area contributed by atoms with Crippen molar-refractivity contribution in [1.29, 1.82) is 0 Å². The molecular weight excluding hydrogens is 242 g/mol. The second-order valence-electron chi connectivity index (χ2n) is 4.93. The number of nitrogens with one attached hydrogen (secondary N) is 1. The van der Waals surface area contributed by atoms with Gasteiger partial charge >= 0.3 is 0 Å². The zero-order valence-corrected chi connectivity index (χ0v) is 10.8. The molecule has 0 spiro atoms. The molecule has 0 unspecified atom stereocenters. The molecular formula is C15H15NO3. The van der Waals surface area contributed by atoms with Crippen LogP contribution in [0.5, 0.6) is 0 Å². The highest BCUT2D eigenvalue weighted by Crippen LogP contribution is 2.24. The number of benzene rings is 1. The van der Waals surface area contributed by atoms with Gasteiger partial charge in [-0.2, -0.15) is 0 Å². The minimum absolute atomic E-state index is 0.0744. The molecule has 19 heavy (non-hydrogen) atoms. The number of hydrogen-bond acceptors (Lipinski definition) is 3. The Morgan fingerprint density at radius 3 is 2.84 bits per heavy atom. The first-order chi connectivity index (χ1) is 9.15. The normalized spacial score (nSPS) is 14.2. The van der Waals surface area contributed by atoms with Crippen molar-refractivity contribution in [1.82, 2.24) is 0 Å². The van der Waals surface area contributed by atoms with Crippen LogP contribution in [-0.2, 0) is 17.6 Å². The van der Waals surface area contributed by atoms with Gasteiger partial charge in [0.25, 0.3) is 0 Å². The van der Waals surface area contributed by atoms with Crippen LogP contribution in [0.4, 0.5) is 5.69 Å². The molecule has 3 rings (SSSR count). The number of carbonyl (C=O) groups is 1. The number of fused-ring (bicyclic) bond motifs is 2. The minimum Gasteiger partial charge on any atom is -0.460 e. The summed E-state index contributed by atoms with van der Waals surface area (Å²) in [4.78, 5) is 23.4. The molecule has 0 saturated carbocycles. The van der Waals surface area contributed by atoms with E-state index in [0.717, 1.165) is 37.0 Å². The van der Waals surface area contributed by atoms with Crippen LogP contribution < -0.4 is 10.7 Å². The van der Waals surface area contributed by atoms with E-state index in [1.165, 1.54) is 6.92 Å². The molecule has 0 bridgehead atoms. The maximum absolute atomic E-state index is 12.4. The quantitative estimate of drug-likeness (QED) is 0.854. The van der Waals surface area contributed by atoms with Crippen LogP contribution in [0.2, 0.25) is 0 Å². The van der Waals surface area contributed by atoms with E-state index in [2.05, 4.69) is 5.32 Å². The highest BCUT2D eigenvalue weighted by molar-refractivity contribution is 5.91. The number of hydrogen-bond donors (Lipinski definition) is 1. The second kappa shape index (κ2) is 4.53. The molecule has 98 valence electrons. The van der Waals surface area contributed by atoms with E-state index in [4.69, 9.17) is 4.42 Å². The monoisotopic (exact) mass is 257 g/mol.